The maximum absolute atomic E-state index is 12.2. The van der Waals surface area contributed by atoms with E-state index >= 15 is 0 Å². The summed E-state index contributed by atoms with van der Waals surface area (Å²) in [6.45, 7) is -0.962. The van der Waals surface area contributed by atoms with Crippen LogP contribution in [-0.2, 0) is 6.67 Å². The molecule has 0 radical (unpaired) electrons. The molecule has 0 amide bonds. The average Bonchev–Trinajstić information content (AvgIpc) is 2.16. The number of nitriles is 1. The average molecular weight is 186 g/mol. The number of hydrogen-bond donors (Lipinski definition) is 0. The van der Waals surface area contributed by atoms with E-state index in [0.717, 1.165) is 12.4 Å². The zero-order valence-electron chi connectivity index (χ0n) is 6.47. The SMILES string of the molecule is N#Cc1c(CF)cncc1C(F)F. The van der Waals surface area contributed by atoms with Gasteiger partial charge in [-0.15, -0.1) is 0 Å². The van der Waals surface area contributed by atoms with Crippen LogP contribution in [0.3, 0.4) is 0 Å². The summed E-state index contributed by atoms with van der Waals surface area (Å²) in [6.07, 6.45) is -0.846. The third-order valence-corrected chi connectivity index (χ3v) is 1.54. The summed E-state index contributed by atoms with van der Waals surface area (Å²) < 4.78 is 36.6. The van der Waals surface area contributed by atoms with Crippen LogP contribution in [0.15, 0.2) is 12.4 Å². The molecule has 0 aliphatic carbocycles. The van der Waals surface area contributed by atoms with Crippen molar-refractivity contribution in [3.05, 3.63) is 29.1 Å². The highest BCUT2D eigenvalue weighted by atomic mass is 19.3. The molecule has 68 valence electrons. The number of hydrogen-bond acceptors (Lipinski definition) is 2. The summed E-state index contributed by atoms with van der Waals surface area (Å²) in [5.41, 5.74) is -0.926. The van der Waals surface area contributed by atoms with E-state index < -0.39 is 18.7 Å². The molecular formula is C8H5F3N2. The van der Waals surface area contributed by atoms with Crippen LogP contribution in [0.1, 0.15) is 23.1 Å². The van der Waals surface area contributed by atoms with Crippen LogP contribution in [0.2, 0.25) is 0 Å². The Balaban J connectivity index is 3.29. The van der Waals surface area contributed by atoms with Gasteiger partial charge in [0.25, 0.3) is 6.43 Å². The van der Waals surface area contributed by atoms with Gasteiger partial charge < -0.3 is 0 Å². The fourth-order valence-corrected chi connectivity index (χ4v) is 0.925. The molecule has 0 aliphatic rings. The van der Waals surface area contributed by atoms with Crippen molar-refractivity contribution in [2.24, 2.45) is 0 Å². The van der Waals surface area contributed by atoms with Crippen molar-refractivity contribution in [1.82, 2.24) is 4.98 Å². The molecule has 13 heavy (non-hydrogen) atoms. The minimum atomic E-state index is -2.80. The normalized spacial score (nSPS) is 10.1. The van der Waals surface area contributed by atoms with E-state index in [-0.39, 0.29) is 11.1 Å². The first-order valence-corrected chi connectivity index (χ1v) is 3.41. The fraction of sp³-hybridized carbons (Fsp3) is 0.250. The molecule has 0 atom stereocenters. The molecule has 1 rings (SSSR count). The zero-order chi connectivity index (χ0) is 9.84. The number of rotatable bonds is 2. The van der Waals surface area contributed by atoms with Crippen molar-refractivity contribution >= 4 is 0 Å². The molecule has 1 aromatic heterocycles. The molecular weight excluding hydrogens is 181 g/mol. The number of aromatic nitrogens is 1. The van der Waals surface area contributed by atoms with Crippen LogP contribution in [0.4, 0.5) is 13.2 Å². The van der Waals surface area contributed by atoms with E-state index in [0.29, 0.717) is 0 Å². The first kappa shape index (κ1) is 9.52. The lowest BCUT2D eigenvalue weighted by molar-refractivity contribution is 0.150. The largest absolute Gasteiger partial charge is 0.266 e. The quantitative estimate of drug-likeness (QED) is 0.710. The maximum atomic E-state index is 12.2. The predicted molar refractivity (Wildman–Crippen MR) is 38.7 cm³/mol. The molecule has 0 bridgehead atoms. The molecule has 0 saturated carbocycles. The Kier molecular flexibility index (Phi) is 2.85. The van der Waals surface area contributed by atoms with Crippen molar-refractivity contribution in [3.8, 4) is 6.07 Å². The number of nitrogens with zero attached hydrogens (tertiary/aromatic N) is 2. The molecule has 0 N–H and O–H groups in total. The Bertz CT molecular complexity index is 344. The van der Waals surface area contributed by atoms with Crippen LogP contribution in [0.5, 0.6) is 0 Å². The molecule has 2 nitrogen and oxygen atoms in total. The standard InChI is InChI=1S/C8H5F3N2/c9-1-5-3-13-4-7(8(10)11)6(5)2-12/h3-4,8H,1H2. The van der Waals surface area contributed by atoms with Crippen molar-refractivity contribution in [2.45, 2.75) is 13.1 Å². The highest BCUT2D eigenvalue weighted by molar-refractivity contribution is 5.42. The second kappa shape index (κ2) is 3.90. The highest BCUT2D eigenvalue weighted by Crippen LogP contribution is 2.23. The second-order valence-electron chi connectivity index (χ2n) is 2.31. The first-order chi connectivity index (χ1) is 6.20. The molecule has 0 unspecified atom stereocenters. The van der Waals surface area contributed by atoms with Gasteiger partial charge in [0.15, 0.2) is 0 Å². The summed E-state index contributed by atoms with van der Waals surface area (Å²) >= 11 is 0. The van der Waals surface area contributed by atoms with Gasteiger partial charge in [-0.3, -0.25) is 4.98 Å². The molecule has 0 spiro atoms. The van der Waals surface area contributed by atoms with Gasteiger partial charge in [0.1, 0.15) is 12.7 Å². The minimum Gasteiger partial charge on any atom is -0.264 e. The van der Waals surface area contributed by atoms with Crippen molar-refractivity contribution in [2.75, 3.05) is 0 Å². The minimum absolute atomic E-state index is 0.0969. The molecule has 1 aromatic rings. The molecule has 0 saturated heterocycles. The van der Waals surface area contributed by atoms with Gasteiger partial charge in [0.05, 0.1) is 11.1 Å². The van der Waals surface area contributed by atoms with Gasteiger partial charge in [-0.2, -0.15) is 5.26 Å². The van der Waals surface area contributed by atoms with E-state index in [9.17, 15) is 13.2 Å². The lowest BCUT2D eigenvalue weighted by atomic mass is 10.1. The summed E-state index contributed by atoms with van der Waals surface area (Å²) in [7, 11) is 0. The number of pyridine rings is 1. The van der Waals surface area contributed by atoms with Crippen molar-refractivity contribution in [3.63, 3.8) is 0 Å². The molecule has 0 aliphatic heterocycles. The van der Waals surface area contributed by atoms with E-state index in [2.05, 4.69) is 4.98 Å². The molecule has 5 heteroatoms. The Hall–Kier alpha value is -1.57. The second-order valence-corrected chi connectivity index (χ2v) is 2.31. The van der Waals surface area contributed by atoms with Gasteiger partial charge in [-0.1, -0.05) is 0 Å². The van der Waals surface area contributed by atoms with Gasteiger partial charge in [-0.05, 0) is 0 Å². The molecule has 0 fully saturated rings. The summed E-state index contributed by atoms with van der Waals surface area (Å²) in [5, 5.41) is 8.50. The summed E-state index contributed by atoms with van der Waals surface area (Å²) in [6, 6.07) is 1.54. The van der Waals surface area contributed by atoms with Gasteiger partial charge in [0, 0.05) is 18.0 Å². The molecule has 0 aromatic carbocycles. The van der Waals surface area contributed by atoms with Gasteiger partial charge >= 0.3 is 0 Å². The monoisotopic (exact) mass is 186 g/mol. The molecule has 1 heterocycles. The number of alkyl halides is 3. The summed E-state index contributed by atoms with van der Waals surface area (Å²) in [5.74, 6) is 0. The van der Waals surface area contributed by atoms with Crippen LogP contribution >= 0.6 is 0 Å². The van der Waals surface area contributed by atoms with Crippen molar-refractivity contribution in [1.29, 1.82) is 5.26 Å². The Morgan fingerprint density at radius 1 is 1.46 bits per heavy atom. The lowest BCUT2D eigenvalue weighted by Gasteiger charge is -2.04. The number of halogens is 3. The Morgan fingerprint density at radius 3 is 2.62 bits per heavy atom. The van der Waals surface area contributed by atoms with Crippen molar-refractivity contribution < 1.29 is 13.2 Å². The van der Waals surface area contributed by atoms with Crippen LogP contribution < -0.4 is 0 Å². The Morgan fingerprint density at radius 2 is 2.15 bits per heavy atom. The third kappa shape index (κ3) is 1.78. The topological polar surface area (TPSA) is 36.7 Å². The highest BCUT2D eigenvalue weighted by Gasteiger charge is 2.16. The fourth-order valence-electron chi connectivity index (χ4n) is 0.925. The van der Waals surface area contributed by atoms with Crippen LogP contribution in [0, 0.1) is 11.3 Å². The van der Waals surface area contributed by atoms with E-state index in [4.69, 9.17) is 5.26 Å². The maximum Gasteiger partial charge on any atom is 0.266 e. The van der Waals surface area contributed by atoms with Crippen LogP contribution in [0.25, 0.3) is 0 Å². The zero-order valence-corrected chi connectivity index (χ0v) is 6.47. The van der Waals surface area contributed by atoms with E-state index in [1.165, 1.54) is 6.07 Å². The van der Waals surface area contributed by atoms with Gasteiger partial charge in [-0.25, -0.2) is 13.2 Å². The van der Waals surface area contributed by atoms with Crippen LogP contribution in [-0.4, -0.2) is 4.98 Å². The smallest absolute Gasteiger partial charge is 0.264 e. The third-order valence-electron chi connectivity index (χ3n) is 1.54. The predicted octanol–water partition coefficient (Wildman–Crippen LogP) is 2.36. The summed E-state index contributed by atoms with van der Waals surface area (Å²) in [4.78, 5) is 3.41. The Labute approximate surface area is 72.6 Å². The lowest BCUT2D eigenvalue weighted by Crippen LogP contribution is -1.97. The van der Waals surface area contributed by atoms with E-state index in [1.54, 1.807) is 0 Å². The van der Waals surface area contributed by atoms with Gasteiger partial charge in [0.2, 0.25) is 0 Å². The van der Waals surface area contributed by atoms with E-state index in [1.807, 2.05) is 0 Å². The first-order valence-electron chi connectivity index (χ1n) is 3.41.